The maximum absolute atomic E-state index is 6.76. The van der Waals surface area contributed by atoms with Crippen molar-refractivity contribution in [2.45, 2.75) is 5.66 Å². The minimum Gasteiger partial charge on any atom is -0.360 e. The highest BCUT2D eigenvalue weighted by atomic mass is 15.1. The molecule has 21 heavy (non-hydrogen) atoms. The SMILES string of the molecule is NC(Nc1ccccc1)(c1ccccc1)c1ccccc1. The average Bonchev–Trinajstić information content (AvgIpc) is 2.57. The molecule has 3 aromatic carbocycles. The van der Waals surface area contributed by atoms with Gasteiger partial charge in [0.05, 0.1) is 0 Å². The maximum Gasteiger partial charge on any atom is 0.139 e. The summed E-state index contributed by atoms with van der Waals surface area (Å²) in [6, 6.07) is 30.2. The van der Waals surface area contributed by atoms with Crippen LogP contribution in [0.4, 0.5) is 5.69 Å². The summed E-state index contributed by atoms with van der Waals surface area (Å²) in [5, 5.41) is 3.47. The van der Waals surface area contributed by atoms with E-state index < -0.39 is 5.66 Å². The number of para-hydroxylation sites is 1. The smallest absolute Gasteiger partial charge is 0.139 e. The van der Waals surface area contributed by atoms with E-state index in [1.807, 2.05) is 91.0 Å². The third-order valence-corrected chi connectivity index (χ3v) is 3.57. The predicted molar refractivity (Wildman–Crippen MR) is 87.9 cm³/mol. The first-order valence-electron chi connectivity index (χ1n) is 7.02. The number of hydrogen-bond donors (Lipinski definition) is 2. The molecule has 0 saturated carbocycles. The summed E-state index contributed by atoms with van der Waals surface area (Å²) in [4.78, 5) is 0. The summed E-state index contributed by atoms with van der Waals surface area (Å²) in [5.41, 5.74) is 9.05. The highest BCUT2D eigenvalue weighted by molar-refractivity contribution is 5.52. The van der Waals surface area contributed by atoms with Crippen LogP contribution in [0.3, 0.4) is 0 Å². The first kappa shape index (κ1) is 13.4. The van der Waals surface area contributed by atoms with Gasteiger partial charge in [-0.3, -0.25) is 0 Å². The van der Waals surface area contributed by atoms with Crippen LogP contribution in [0.1, 0.15) is 11.1 Å². The lowest BCUT2D eigenvalue weighted by molar-refractivity contribution is 0.622. The van der Waals surface area contributed by atoms with Crippen LogP contribution in [0.25, 0.3) is 0 Å². The lowest BCUT2D eigenvalue weighted by Crippen LogP contribution is -2.45. The molecule has 0 aliphatic carbocycles. The maximum atomic E-state index is 6.76. The van der Waals surface area contributed by atoms with E-state index in [4.69, 9.17) is 5.73 Å². The van der Waals surface area contributed by atoms with Crippen LogP contribution in [0.15, 0.2) is 91.0 Å². The van der Waals surface area contributed by atoms with E-state index in [1.54, 1.807) is 0 Å². The molecule has 2 heteroatoms. The van der Waals surface area contributed by atoms with Crippen molar-refractivity contribution in [3.05, 3.63) is 102 Å². The van der Waals surface area contributed by atoms with E-state index in [2.05, 4.69) is 5.32 Å². The molecule has 0 aliphatic rings. The van der Waals surface area contributed by atoms with Gasteiger partial charge < -0.3 is 11.1 Å². The third kappa shape index (κ3) is 2.81. The van der Waals surface area contributed by atoms with Gasteiger partial charge in [-0.15, -0.1) is 0 Å². The summed E-state index contributed by atoms with van der Waals surface area (Å²) in [6.45, 7) is 0. The molecule has 0 heterocycles. The molecule has 0 spiro atoms. The first-order chi connectivity index (χ1) is 10.3. The molecule has 3 rings (SSSR count). The Labute approximate surface area is 125 Å². The van der Waals surface area contributed by atoms with Crippen LogP contribution in [-0.2, 0) is 5.66 Å². The summed E-state index contributed by atoms with van der Waals surface area (Å²) < 4.78 is 0. The number of hydrogen-bond acceptors (Lipinski definition) is 2. The molecule has 0 radical (unpaired) electrons. The molecule has 0 bridgehead atoms. The minimum absolute atomic E-state index is 0.760. The molecule has 0 aliphatic heterocycles. The van der Waals surface area contributed by atoms with Crippen LogP contribution in [0.5, 0.6) is 0 Å². The topological polar surface area (TPSA) is 38.0 Å². The van der Waals surface area contributed by atoms with E-state index in [9.17, 15) is 0 Å². The fraction of sp³-hybridized carbons (Fsp3) is 0.0526. The molecule has 0 unspecified atom stereocenters. The zero-order valence-electron chi connectivity index (χ0n) is 11.7. The molecular formula is C19H18N2. The monoisotopic (exact) mass is 274 g/mol. The van der Waals surface area contributed by atoms with Crippen LogP contribution in [0, 0.1) is 0 Å². The van der Waals surface area contributed by atoms with E-state index in [-0.39, 0.29) is 0 Å². The fourth-order valence-electron chi connectivity index (χ4n) is 2.46. The third-order valence-electron chi connectivity index (χ3n) is 3.57. The molecule has 2 nitrogen and oxygen atoms in total. The van der Waals surface area contributed by atoms with Gasteiger partial charge in [0.1, 0.15) is 5.66 Å². The predicted octanol–water partition coefficient (Wildman–Crippen LogP) is 3.96. The van der Waals surface area contributed by atoms with Crippen molar-refractivity contribution in [1.29, 1.82) is 0 Å². The molecular weight excluding hydrogens is 256 g/mol. The Bertz CT molecular complexity index is 639. The molecule has 0 amide bonds. The van der Waals surface area contributed by atoms with Gasteiger partial charge in [0, 0.05) is 5.69 Å². The fourth-order valence-corrected chi connectivity index (χ4v) is 2.46. The van der Waals surface area contributed by atoms with Gasteiger partial charge >= 0.3 is 0 Å². The van der Waals surface area contributed by atoms with Crippen LogP contribution in [-0.4, -0.2) is 0 Å². The normalized spacial score (nSPS) is 11.1. The molecule has 3 N–H and O–H groups in total. The summed E-state index contributed by atoms with van der Waals surface area (Å²) in [6.07, 6.45) is 0. The van der Waals surface area contributed by atoms with Crippen LogP contribution in [0.2, 0.25) is 0 Å². The lowest BCUT2D eigenvalue weighted by Gasteiger charge is -2.33. The standard InChI is InChI=1S/C19H18N2/c20-19(16-10-4-1-5-11-16,17-12-6-2-7-13-17)21-18-14-8-3-9-15-18/h1-15,21H,20H2. The molecule has 3 aromatic rings. The van der Waals surface area contributed by atoms with Gasteiger partial charge in [0.15, 0.2) is 0 Å². The lowest BCUT2D eigenvalue weighted by atomic mass is 9.91. The molecule has 0 aromatic heterocycles. The number of anilines is 1. The van der Waals surface area contributed by atoms with E-state index >= 15 is 0 Å². The van der Waals surface area contributed by atoms with Gasteiger partial charge in [-0.1, -0.05) is 78.9 Å². The van der Waals surface area contributed by atoms with Gasteiger partial charge in [-0.05, 0) is 23.3 Å². The number of rotatable bonds is 4. The van der Waals surface area contributed by atoms with Crippen molar-refractivity contribution in [3.63, 3.8) is 0 Å². The Morgan fingerprint density at radius 3 is 1.38 bits per heavy atom. The van der Waals surface area contributed by atoms with Crippen LogP contribution < -0.4 is 11.1 Å². The Morgan fingerprint density at radius 2 is 0.952 bits per heavy atom. The minimum atomic E-state index is -0.760. The van der Waals surface area contributed by atoms with Gasteiger partial charge in [-0.25, -0.2) is 0 Å². The van der Waals surface area contributed by atoms with E-state index in [0.29, 0.717) is 0 Å². The van der Waals surface area contributed by atoms with Crippen molar-refractivity contribution >= 4 is 5.69 Å². The second-order valence-corrected chi connectivity index (χ2v) is 5.03. The second kappa shape index (κ2) is 5.81. The number of nitrogens with two attached hydrogens (primary N) is 1. The van der Waals surface area contributed by atoms with E-state index in [1.165, 1.54) is 0 Å². The first-order valence-corrected chi connectivity index (χ1v) is 7.02. The second-order valence-electron chi connectivity index (χ2n) is 5.03. The highest BCUT2D eigenvalue weighted by Gasteiger charge is 2.29. The average molecular weight is 274 g/mol. The van der Waals surface area contributed by atoms with E-state index in [0.717, 1.165) is 16.8 Å². The van der Waals surface area contributed by atoms with Crippen molar-refractivity contribution < 1.29 is 0 Å². The van der Waals surface area contributed by atoms with Crippen molar-refractivity contribution in [3.8, 4) is 0 Å². The van der Waals surface area contributed by atoms with Gasteiger partial charge in [-0.2, -0.15) is 0 Å². The Kier molecular flexibility index (Phi) is 3.71. The number of nitrogens with one attached hydrogen (secondary N) is 1. The quantitative estimate of drug-likeness (QED) is 0.707. The van der Waals surface area contributed by atoms with Gasteiger partial charge in [0.25, 0.3) is 0 Å². The van der Waals surface area contributed by atoms with Crippen molar-refractivity contribution in [2.24, 2.45) is 5.73 Å². The zero-order chi connectivity index (χ0) is 14.5. The Balaban J connectivity index is 2.07. The summed E-state index contributed by atoms with van der Waals surface area (Å²) in [7, 11) is 0. The molecule has 0 atom stereocenters. The van der Waals surface area contributed by atoms with Gasteiger partial charge in [0.2, 0.25) is 0 Å². The summed E-state index contributed by atoms with van der Waals surface area (Å²) >= 11 is 0. The highest BCUT2D eigenvalue weighted by Crippen LogP contribution is 2.28. The molecule has 104 valence electrons. The summed E-state index contributed by atoms with van der Waals surface area (Å²) in [5.74, 6) is 0. The van der Waals surface area contributed by atoms with Crippen molar-refractivity contribution in [2.75, 3.05) is 5.32 Å². The van der Waals surface area contributed by atoms with Crippen LogP contribution >= 0.6 is 0 Å². The largest absolute Gasteiger partial charge is 0.360 e. The Morgan fingerprint density at radius 1 is 0.571 bits per heavy atom. The molecule has 0 saturated heterocycles. The Hall–Kier alpha value is -2.58. The van der Waals surface area contributed by atoms with Crippen molar-refractivity contribution in [1.82, 2.24) is 0 Å². The molecule has 0 fully saturated rings. The number of benzene rings is 3. The zero-order valence-corrected chi connectivity index (χ0v) is 11.7.